The van der Waals surface area contributed by atoms with E-state index in [0.717, 1.165) is 11.3 Å². The van der Waals surface area contributed by atoms with Crippen LogP contribution in [0.15, 0.2) is 16.3 Å². The predicted molar refractivity (Wildman–Crippen MR) is 41.1 cm³/mol. The van der Waals surface area contributed by atoms with Crippen molar-refractivity contribution in [2.24, 2.45) is 5.14 Å². The quantitative estimate of drug-likeness (QED) is 0.586. The van der Waals surface area contributed by atoms with Gasteiger partial charge in [0, 0.05) is 5.38 Å². The van der Waals surface area contributed by atoms with E-state index in [1.54, 1.807) is 0 Å². The monoisotopic (exact) mass is 194 g/mol. The summed E-state index contributed by atoms with van der Waals surface area (Å²) in [6.07, 6.45) is 0. The third-order valence-electron chi connectivity index (χ3n) is 1.01. The van der Waals surface area contributed by atoms with Crippen molar-refractivity contribution >= 4 is 26.4 Å². The highest BCUT2D eigenvalue weighted by atomic mass is 32.2. The lowest BCUT2D eigenvalue weighted by atomic mass is 10.6. The van der Waals surface area contributed by atoms with Gasteiger partial charge in [0.05, 0.1) is 4.90 Å². The van der Waals surface area contributed by atoms with Crippen molar-refractivity contribution in [1.29, 1.82) is 0 Å². The van der Waals surface area contributed by atoms with Gasteiger partial charge in [-0.25, -0.2) is 13.6 Å². The molecule has 0 radical (unpaired) electrons. The zero-order valence-electron chi connectivity index (χ0n) is 5.31. The fourth-order valence-corrected chi connectivity index (χ4v) is 2.12. The van der Waals surface area contributed by atoms with Gasteiger partial charge in [-0.3, -0.25) is 10.7 Å². The molecule has 1 aromatic heterocycles. The molecule has 0 aliphatic carbocycles. The van der Waals surface area contributed by atoms with Gasteiger partial charge in [-0.05, 0) is 6.07 Å². The molecule has 1 aromatic rings. The Kier molecular flexibility index (Phi) is 2.14. The van der Waals surface area contributed by atoms with Crippen LogP contribution in [0.1, 0.15) is 0 Å². The highest BCUT2D eigenvalue weighted by Gasteiger charge is 2.09. The molecule has 0 atom stereocenters. The highest BCUT2D eigenvalue weighted by Crippen LogP contribution is 2.21. The Labute approximate surface area is 67.5 Å². The number of rotatable bonds is 2. The maximum atomic E-state index is 10.6. The van der Waals surface area contributed by atoms with Crippen LogP contribution in [0.25, 0.3) is 0 Å². The molecule has 0 aliphatic heterocycles. The first-order valence-corrected chi connectivity index (χ1v) is 4.98. The van der Waals surface area contributed by atoms with Crippen LogP contribution < -0.4 is 10.6 Å². The topological polar surface area (TPSA) is 92.4 Å². The molecule has 0 fully saturated rings. The van der Waals surface area contributed by atoms with Gasteiger partial charge in [0.15, 0.2) is 0 Å². The lowest BCUT2D eigenvalue weighted by Gasteiger charge is -1.89. The van der Waals surface area contributed by atoms with Gasteiger partial charge in [0.2, 0.25) is 10.0 Å². The van der Waals surface area contributed by atoms with Gasteiger partial charge in [-0.2, -0.15) is 0 Å². The summed E-state index contributed by atoms with van der Waals surface area (Å²) in [6.45, 7) is 0. The molecule has 4 N–H and O–H groups in total. The zero-order valence-corrected chi connectivity index (χ0v) is 6.95. The summed E-state index contributed by atoms with van der Waals surface area (Å²) >= 11 is 1.06. The van der Waals surface area contributed by atoms with Crippen LogP contribution in [-0.4, -0.2) is 13.6 Å². The first-order chi connectivity index (χ1) is 5.04. The third kappa shape index (κ3) is 1.90. The number of hydrogen-bond donors (Lipinski definition) is 3. The second kappa shape index (κ2) is 2.78. The molecule has 1 rings (SSSR count). The lowest BCUT2D eigenvalue weighted by molar-refractivity contribution is 0.391. The summed E-state index contributed by atoms with van der Waals surface area (Å²) in [6, 6.07) is 1.25. The minimum atomic E-state index is -3.63. The van der Waals surface area contributed by atoms with E-state index in [1.807, 2.05) is 5.48 Å². The van der Waals surface area contributed by atoms with E-state index in [4.69, 9.17) is 10.3 Å². The number of hydrogen-bond acceptors (Lipinski definition) is 5. The van der Waals surface area contributed by atoms with Gasteiger partial charge < -0.3 is 0 Å². The van der Waals surface area contributed by atoms with Crippen LogP contribution in [0, 0.1) is 0 Å². The summed E-state index contributed by atoms with van der Waals surface area (Å²) in [7, 11) is -3.63. The van der Waals surface area contributed by atoms with Gasteiger partial charge >= 0.3 is 0 Å². The predicted octanol–water partition coefficient (Wildman–Crippen LogP) is 0.197. The van der Waals surface area contributed by atoms with Crippen LogP contribution in [0.5, 0.6) is 0 Å². The number of nitrogens with one attached hydrogen (secondary N) is 1. The van der Waals surface area contributed by atoms with Crippen molar-refractivity contribution in [2.45, 2.75) is 4.90 Å². The number of sulfonamides is 1. The zero-order chi connectivity index (χ0) is 8.48. The molecule has 0 amide bonds. The SMILES string of the molecule is NS(=O)(=O)c1csc(NO)c1. The van der Waals surface area contributed by atoms with Crippen molar-refractivity contribution in [3.8, 4) is 0 Å². The van der Waals surface area contributed by atoms with E-state index in [0.29, 0.717) is 5.00 Å². The molecule has 0 unspecified atom stereocenters. The molecular weight excluding hydrogens is 188 g/mol. The van der Waals surface area contributed by atoms with E-state index in [-0.39, 0.29) is 4.90 Å². The Morgan fingerprint density at radius 1 is 1.64 bits per heavy atom. The minimum absolute atomic E-state index is 0.000880. The van der Waals surface area contributed by atoms with Gasteiger partial charge in [-0.15, -0.1) is 11.3 Å². The molecular formula is C4H6N2O3S2. The largest absolute Gasteiger partial charge is 0.290 e. The number of nitrogens with two attached hydrogens (primary N) is 1. The smallest absolute Gasteiger partial charge is 0.238 e. The summed E-state index contributed by atoms with van der Waals surface area (Å²) in [5.41, 5.74) is 1.82. The molecule has 0 bridgehead atoms. The van der Waals surface area contributed by atoms with Crippen molar-refractivity contribution in [3.63, 3.8) is 0 Å². The average Bonchev–Trinajstić information content (AvgIpc) is 2.32. The molecule has 62 valence electrons. The van der Waals surface area contributed by atoms with Crippen LogP contribution >= 0.6 is 11.3 Å². The molecule has 0 aliphatic rings. The summed E-state index contributed by atoms with van der Waals surface area (Å²) < 4.78 is 21.3. The molecule has 1 heterocycles. The van der Waals surface area contributed by atoms with E-state index >= 15 is 0 Å². The van der Waals surface area contributed by atoms with Crippen molar-refractivity contribution in [2.75, 3.05) is 5.48 Å². The maximum absolute atomic E-state index is 10.6. The average molecular weight is 194 g/mol. The van der Waals surface area contributed by atoms with Crippen molar-refractivity contribution < 1.29 is 13.6 Å². The fourth-order valence-electron chi connectivity index (χ4n) is 0.527. The van der Waals surface area contributed by atoms with Crippen LogP contribution in [0.4, 0.5) is 5.00 Å². The molecule has 7 heteroatoms. The molecule has 0 saturated carbocycles. The number of primary sulfonamides is 1. The first-order valence-electron chi connectivity index (χ1n) is 2.55. The van der Waals surface area contributed by atoms with E-state index in [9.17, 15) is 8.42 Å². The normalized spacial score (nSPS) is 11.5. The van der Waals surface area contributed by atoms with E-state index in [1.165, 1.54) is 11.4 Å². The van der Waals surface area contributed by atoms with Crippen LogP contribution in [-0.2, 0) is 10.0 Å². The van der Waals surface area contributed by atoms with Crippen LogP contribution in [0.3, 0.4) is 0 Å². The van der Waals surface area contributed by atoms with Crippen molar-refractivity contribution in [1.82, 2.24) is 0 Å². The standard InChI is InChI=1S/C4H6N2O3S2/c5-11(8,9)3-1-4(6-7)10-2-3/h1-2,6-7H,(H2,5,8,9). The van der Waals surface area contributed by atoms with Gasteiger partial charge in [-0.1, -0.05) is 0 Å². The number of anilines is 1. The molecule has 5 nitrogen and oxygen atoms in total. The van der Waals surface area contributed by atoms with Gasteiger partial charge in [0.1, 0.15) is 5.00 Å². The third-order valence-corrected chi connectivity index (χ3v) is 2.89. The first kappa shape index (κ1) is 8.47. The Morgan fingerprint density at radius 3 is 2.55 bits per heavy atom. The molecule has 0 spiro atoms. The van der Waals surface area contributed by atoms with E-state index in [2.05, 4.69) is 0 Å². The summed E-state index contributed by atoms with van der Waals surface area (Å²) in [4.78, 5) is -0.000880. The van der Waals surface area contributed by atoms with Crippen LogP contribution in [0.2, 0.25) is 0 Å². The Morgan fingerprint density at radius 2 is 2.27 bits per heavy atom. The molecule has 0 aromatic carbocycles. The molecule has 0 saturated heterocycles. The Bertz CT molecular complexity index is 342. The Balaban J connectivity index is 3.09. The second-order valence-electron chi connectivity index (χ2n) is 1.80. The number of thiophene rings is 1. The lowest BCUT2D eigenvalue weighted by Crippen LogP contribution is -2.10. The highest BCUT2D eigenvalue weighted by molar-refractivity contribution is 7.89. The Hall–Kier alpha value is -0.630. The minimum Gasteiger partial charge on any atom is -0.290 e. The summed E-state index contributed by atoms with van der Waals surface area (Å²) in [5.74, 6) is 0. The maximum Gasteiger partial charge on any atom is 0.238 e. The molecule has 11 heavy (non-hydrogen) atoms. The van der Waals surface area contributed by atoms with E-state index < -0.39 is 10.0 Å². The second-order valence-corrected chi connectivity index (χ2v) is 4.28. The van der Waals surface area contributed by atoms with Crippen molar-refractivity contribution in [3.05, 3.63) is 11.4 Å². The summed E-state index contributed by atoms with van der Waals surface area (Å²) in [5, 5.41) is 14.8. The fraction of sp³-hybridized carbons (Fsp3) is 0. The van der Waals surface area contributed by atoms with Gasteiger partial charge in [0.25, 0.3) is 0 Å².